The van der Waals surface area contributed by atoms with Crippen molar-refractivity contribution in [2.75, 3.05) is 19.8 Å². The van der Waals surface area contributed by atoms with Crippen molar-refractivity contribution in [1.29, 1.82) is 0 Å². The van der Waals surface area contributed by atoms with Crippen LogP contribution in [0.25, 0.3) is 0 Å². The Morgan fingerprint density at radius 3 is 2.04 bits per heavy atom. The first-order valence-electron chi connectivity index (χ1n) is 11.6. The third-order valence-electron chi connectivity index (χ3n) is 5.47. The second kappa shape index (κ2) is 17.4. The van der Waals surface area contributed by atoms with Gasteiger partial charge in [-0.15, -0.1) is 0 Å². The summed E-state index contributed by atoms with van der Waals surface area (Å²) < 4.78 is 10.8. The molecule has 1 saturated heterocycles. The second-order valence-electron chi connectivity index (χ2n) is 8.03. The standard InChI is InChI=1S/C23H44O5/c1-2-3-4-5-6-7-8-9-10-11-12-13-14-15-16-17-27-23-20(25)19-28-21(18-24)22(23)26/h11-12,20-26H,2-10,13-19H2,1H3/b12-11+/t20-,21+,22+,23+/m0/s1. The third-order valence-corrected chi connectivity index (χ3v) is 5.47. The van der Waals surface area contributed by atoms with E-state index in [-0.39, 0.29) is 13.2 Å². The summed E-state index contributed by atoms with van der Waals surface area (Å²) in [4.78, 5) is 0. The van der Waals surface area contributed by atoms with Crippen LogP contribution in [0.4, 0.5) is 0 Å². The van der Waals surface area contributed by atoms with Gasteiger partial charge >= 0.3 is 0 Å². The van der Waals surface area contributed by atoms with Gasteiger partial charge in [-0.1, -0.05) is 70.4 Å². The van der Waals surface area contributed by atoms with E-state index in [1.807, 2.05) is 0 Å². The van der Waals surface area contributed by atoms with E-state index in [0.29, 0.717) is 6.61 Å². The summed E-state index contributed by atoms with van der Waals surface area (Å²) in [7, 11) is 0. The molecule has 0 aliphatic carbocycles. The fourth-order valence-electron chi connectivity index (χ4n) is 3.62. The lowest BCUT2D eigenvalue weighted by atomic mass is 10.0. The molecule has 28 heavy (non-hydrogen) atoms. The lowest BCUT2D eigenvalue weighted by molar-refractivity contribution is -0.210. The van der Waals surface area contributed by atoms with E-state index in [4.69, 9.17) is 14.6 Å². The lowest BCUT2D eigenvalue weighted by Crippen LogP contribution is -2.55. The highest BCUT2D eigenvalue weighted by Crippen LogP contribution is 2.19. The molecule has 1 aliphatic heterocycles. The van der Waals surface area contributed by atoms with E-state index in [2.05, 4.69) is 19.1 Å². The minimum atomic E-state index is -0.979. The Bertz CT molecular complexity index is 374. The molecule has 0 bridgehead atoms. The number of allylic oxidation sites excluding steroid dienone is 2. The fraction of sp³-hybridized carbons (Fsp3) is 0.913. The first-order chi connectivity index (χ1) is 13.7. The van der Waals surface area contributed by atoms with Gasteiger partial charge < -0.3 is 24.8 Å². The second-order valence-corrected chi connectivity index (χ2v) is 8.03. The molecule has 0 aromatic rings. The highest BCUT2D eigenvalue weighted by molar-refractivity contribution is 4.87. The molecule has 5 nitrogen and oxygen atoms in total. The van der Waals surface area contributed by atoms with Gasteiger partial charge in [0.1, 0.15) is 24.4 Å². The maximum absolute atomic E-state index is 10.0. The molecule has 0 aromatic carbocycles. The zero-order valence-corrected chi connectivity index (χ0v) is 17.9. The van der Waals surface area contributed by atoms with Gasteiger partial charge in [0.25, 0.3) is 0 Å². The van der Waals surface area contributed by atoms with Crippen molar-refractivity contribution in [2.45, 2.75) is 115 Å². The Morgan fingerprint density at radius 1 is 0.857 bits per heavy atom. The molecule has 3 N–H and O–H groups in total. The smallest absolute Gasteiger partial charge is 0.114 e. The van der Waals surface area contributed by atoms with Crippen LogP contribution >= 0.6 is 0 Å². The van der Waals surface area contributed by atoms with Crippen LogP contribution in [0.15, 0.2) is 12.2 Å². The van der Waals surface area contributed by atoms with Gasteiger partial charge in [-0.2, -0.15) is 0 Å². The van der Waals surface area contributed by atoms with Gasteiger partial charge in [-0.25, -0.2) is 0 Å². The van der Waals surface area contributed by atoms with E-state index < -0.39 is 24.4 Å². The number of hydrogen-bond donors (Lipinski definition) is 3. The predicted octanol–water partition coefficient (Wildman–Crippen LogP) is 4.13. The molecular weight excluding hydrogens is 356 g/mol. The predicted molar refractivity (Wildman–Crippen MR) is 113 cm³/mol. The monoisotopic (exact) mass is 400 g/mol. The molecule has 0 aromatic heterocycles. The third kappa shape index (κ3) is 11.5. The summed E-state index contributed by atoms with van der Waals surface area (Å²) in [6, 6.07) is 0. The molecule has 1 heterocycles. The van der Waals surface area contributed by atoms with Crippen molar-refractivity contribution >= 4 is 0 Å². The van der Waals surface area contributed by atoms with Crippen LogP contribution < -0.4 is 0 Å². The molecule has 1 aliphatic rings. The summed E-state index contributed by atoms with van der Waals surface area (Å²) in [5.41, 5.74) is 0. The molecule has 166 valence electrons. The van der Waals surface area contributed by atoms with Gasteiger partial charge in [0.15, 0.2) is 0 Å². The maximum Gasteiger partial charge on any atom is 0.114 e. The Kier molecular flexibility index (Phi) is 15.9. The first-order valence-corrected chi connectivity index (χ1v) is 11.6. The first kappa shape index (κ1) is 25.6. The zero-order valence-electron chi connectivity index (χ0n) is 17.9. The van der Waals surface area contributed by atoms with Gasteiger partial charge in [0.05, 0.1) is 13.2 Å². The molecule has 0 amide bonds. The minimum Gasteiger partial charge on any atom is -0.394 e. The highest BCUT2D eigenvalue weighted by Gasteiger charge is 2.38. The van der Waals surface area contributed by atoms with E-state index in [9.17, 15) is 10.2 Å². The Balaban J connectivity index is 1.90. The molecule has 1 rings (SSSR count). The normalized spacial score (nSPS) is 25.6. The summed E-state index contributed by atoms with van der Waals surface area (Å²) >= 11 is 0. The van der Waals surface area contributed by atoms with Crippen molar-refractivity contribution in [3.8, 4) is 0 Å². The summed E-state index contributed by atoms with van der Waals surface area (Å²) in [6.07, 6.45) is 17.8. The van der Waals surface area contributed by atoms with E-state index in [1.54, 1.807) is 0 Å². The SMILES string of the molecule is CCCCCCCCCC/C=C/CCCCCO[C@H]1[C@H](O)[C@@H](CO)OC[C@@H]1O. The minimum absolute atomic E-state index is 0.0939. The van der Waals surface area contributed by atoms with Crippen LogP contribution in [0.2, 0.25) is 0 Å². The van der Waals surface area contributed by atoms with Crippen LogP contribution in [0.5, 0.6) is 0 Å². The van der Waals surface area contributed by atoms with Gasteiger partial charge in [-0.05, 0) is 32.1 Å². The number of rotatable bonds is 17. The summed E-state index contributed by atoms with van der Waals surface area (Å²) in [6.45, 7) is 2.60. The molecule has 1 fully saturated rings. The van der Waals surface area contributed by atoms with Crippen LogP contribution in [0.3, 0.4) is 0 Å². The van der Waals surface area contributed by atoms with Crippen molar-refractivity contribution in [3.63, 3.8) is 0 Å². The van der Waals surface area contributed by atoms with Crippen molar-refractivity contribution in [3.05, 3.63) is 12.2 Å². The zero-order chi connectivity index (χ0) is 20.5. The lowest BCUT2D eigenvalue weighted by Gasteiger charge is -2.37. The molecule has 4 atom stereocenters. The Labute approximate surface area is 172 Å². The highest BCUT2D eigenvalue weighted by atomic mass is 16.6. The van der Waals surface area contributed by atoms with E-state index in [0.717, 1.165) is 25.7 Å². The number of aliphatic hydroxyl groups excluding tert-OH is 3. The molecule has 0 spiro atoms. The molecule has 0 saturated carbocycles. The summed E-state index contributed by atoms with van der Waals surface area (Å²) in [5, 5.41) is 29.1. The van der Waals surface area contributed by atoms with Crippen molar-refractivity contribution < 1.29 is 24.8 Å². The number of unbranched alkanes of at least 4 members (excludes halogenated alkanes) is 11. The van der Waals surface area contributed by atoms with E-state index >= 15 is 0 Å². The summed E-state index contributed by atoms with van der Waals surface area (Å²) in [5.74, 6) is 0. The number of ether oxygens (including phenoxy) is 2. The van der Waals surface area contributed by atoms with Gasteiger partial charge in [0, 0.05) is 6.61 Å². The maximum atomic E-state index is 10.0. The molecule has 0 radical (unpaired) electrons. The number of hydrogen-bond acceptors (Lipinski definition) is 5. The average Bonchev–Trinajstić information content (AvgIpc) is 2.70. The van der Waals surface area contributed by atoms with Crippen LogP contribution in [0.1, 0.15) is 90.4 Å². The van der Waals surface area contributed by atoms with Crippen LogP contribution in [-0.4, -0.2) is 59.6 Å². The molecule has 5 heteroatoms. The Hall–Kier alpha value is -0.460. The van der Waals surface area contributed by atoms with Crippen LogP contribution in [0, 0.1) is 0 Å². The molecule has 0 unspecified atom stereocenters. The van der Waals surface area contributed by atoms with Gasteiger partial charge in [-0.3, -0.25) is 0 Å². The fourth-order valence-corrected chi connectivity index (χ4v) is 3.62. The van der Waals surface area contributed by atoms with Crippen LogP contribution in [-0.2, 0) is 9.47 Å². The van der Waals surface area contributed by atoms with Gasteiger partial charge in [0.2, 0.25) is 0 Å². The topological polar surface area (TPSA) is 79.2 Å². The van der Waals surface area contributed by atoms with Crippen molar-refractivity contribution in [2.24, 2.45) is 0 Å². The van der Waals surface area contributed by atoms with E-state index in [1.165, 1.54) is 57.8 Å². The number of aliphatic hydroxyl groups is 3. The van der Waals surface area contributed by atoms with Crippen molar-refractivity contribution in [1.82, 2.24) is 0 Å². The Morgan fingerprint density at radius 2 is 1.43 bits per heavy atom. The molecular formula is C23H44O5. The quantitative estimate of drug-likeness (QED) is 0.253. The average molecular weight is 401 g/mol. The largest absolute Gasteiger partial charge is 0.394 e.